The molecule has 1 aromatic carbocycles. The predicted molar refractivity (Wildman–Crippen MR) is 70.1 cm³/mol. The smallest absolute Gasteiger partial charge is 0.251 e. The quantitative estimate of drug-likeness (QED) is 0.706. The zero-order chi connectivity index (χ0) is 13.1. The number of nitrogens with zero attached hydrogens (tertiary/aromatic N) is 2. The van der Waals surface area contributed by atoms with Gasteiger partial charge in [-0.1, -0.05) is 30.3 Å². The second kappa shape index (κ2) is 4.89. The highest BCUT2D eigenvalue weighted by atomic mass is 16.2. The fourth-order valence-corrected chi connectivity index (χ4v) is 2.18. The molecule has 0 radical (unpaired) electrons. The third-order valence-electron chi connectivity index (χ3n) is 2.96. The number of nitriles is 1. The Balaban J connectivity index is 2.53. The number of hydrogen-bond donors (Lipinski definition) is 0. The molecule has 1 atom stereocenters. The van der Waals surface area contributed by atoms with E-state index < -0.39 is 6.04 Å². The standard InChI is InChI=1S/C15H14N2O/c1-3-6-15(18)17-11(2)9-12-7-4-5-8-13(12)14(17)10-16/h3-9,14H,1-2H3. The molecule has 3 heteroatoms. The van der Waals surface area contributed by atoms with Crippen molar-refractivity contribution in [1.82, 2.24) is 4.90 Å². The van der Waals surface area contributed by atoms with Gasteiger partial charge in [-0.05, 0) is 37.1 Å². The van der Waals surface area contributed by atoms with Crippen LogP contribution in [0.25, 0.3) is 6.08 Å². The van der Waals surface area contributed by atoms with E-state index in [0.29, 0.717) is 0 Å². The molecule has 0 aliphatic carbocycles. The van der Waals surface area contributed by atoms with Crippen molar-refractivity contribution in [3.63, 3.8) is 0 Å². The minimum atomic E-state index is -0.546. The maximum absolute atomic E-state index is 12.0. The first-order chi connectivity index (χ1) is 8.69. The van der Waals surface area contributed by atoms with Crippen molar-refractivity contribution in [3.8, 4) is 6.07 Å². The molecule has 0 N–H and O–H groups in total. The van der Waals surface area contributed by atoms with Crippen molar-refractivity contribution >= 4 is 12.0 Å². The van der Waals surface area contributed by atoms with Gasteiger partial charge in [0, 0.05) is 5.70 Å². The lowest BCUT2D eigenvalue weighted by Crippen LogP contribution is -2.33. The Morgan fingerprint density at radius 2 is 2.17 bits per heavy atom. The maximum atomic E-state index is 12.0. The molecular weight excluding hydrogens is 224 g/mol. The lowest BCUT2D eigenvalue weighted by Gasteiger charge is -2.32. The van der Waals surface area contributed by atoms with Crippen LogP contribution < -0.4 is 0 Å². The lowest BCUT2D eigenvalue weighted by molar-refractivity contribution is -0.125. The molecule has 1 heterocycles. The number of allylic oxidation sites excluding steroid dienone is 2. The highest BCUT2D eigenvalue weighted by Gasteiger charge is 2.29. The highest BCUT2D eigenvalue weighted by molar-refractivity contribution is 5.91. The van der Waals surface area contributed by atoms with Gasteiger partial charge in [0.25, 0.3) is 5.91 Å². The van der Waals surface area contributed by atoms with Crippen LogP contribution >= 0.6 is 0 Å². The van der Waals surface area contributed by atoms with Gasteiger partial charge in [0.1, 0.15) is 6.04 Å². The SMILES string of the molecule is CC=CC(=O)N1C(C)=Cc2ccccc2C1C#N. The van der Waals surface area contributed by atoms with Crippen LogP contribution in [0.4, 0.5) is 0 Å². The average molecular weight is 238 g/mol. The van der Waals surface area contributed by atoms with Gasteiger partial charge in [-0.3, -0.25) is 9.69 Å². The Bertz CT molecular complexity index is 578. The van der Waals surface area contributed by atoms with Crippen LogP contribution in [0.15, 0.2) is 42.1 Å². The van der Waals surface area contributed by atoms with E-state index in [4.69, 9.17) is 0 Å². The zero-order valence-corrected chi connectivity index (χ0v) is 10.4. The van der Waals surface area contributed by atoms with Gasteiger partial charge in [-0.2, -0.15) is 5.26 Å². The molecule has 2 rings (SSSR count). The van der Waals surface area contributed by atoms with E-state index in [2.05, 4.69) is 6.07 Å². The summed E-state index contributed by atoms with van der Waals surface area (Å²) >= 11 is 0. The monoisotopic (exact) mass is 238 g/mol. The molecule has 1 aromatic rings. The molecule has 3 nitrogen and oxygen atoms in total. The molecule has 0 saturated heterocycles. The van der Waals surface area contributed by atoms with Crippen LogP contribution in [-0.2, 0) is 4.79 Å². The van der Waals surface area contributed by atoms with E-state index in [1.54, 1.807) is 13.0 Å². The van der Waals surface area contributed by atoms with Crippen molar-refractivity contribution in [2.24, 2.45) is 0 Å². The van der Waals surface area contributed by atoms with Gasteiger partial charge < -0.3 is 0 Å². The molecule has 0 aromatic heterocycles. The number of benzene rings is 1. The van der Waals surface area contributed by atoms with Gasteiger partial charge >= 0.3 is 0 Å². The molecule has 1 amide bonds. The van der Waals surface area contributed by atoms with Gasteiger partial charge in [0.2, 0.25) is 0 Å². The van der Waals surface area contributed by atoms with E-state index in [1.165, 1.54) is 11.0 Å². The average Bonchev–Trinajstić information content (AvgIpc) is 2.37. The normalized spacial score (nSPS) is 18.2. The van der Waals surface area contributed by atoms with Crippen molar-refractivity contribution in [1.29, 1.82) is 5.26 Å². The largest absolute Gasteiger partial charge is 0.292 e. The summed E-state index contributed by atoms with van der Waals surface area (Å²) in [7, 11) is 0. The first-order valence-electron chi connectivity index (χ1n) is 5.81. The van der Waals surface area contributed by atoms with Gasteiger partial charge in [0.15, 0.2) is 0 Å². The minimum absolute atomic E-state index is 0.160. The van der Waals surface area contributed by atoms with Gasteiger partial charge in [-0.15, -0.1) is 0 Å². The topological polar surface area (TPSA) is 44.1 Å². The molecule has 1 aliphatic rings. The maximum Gasteiger partial charge on any atom is 0.251 e. The van der Waals surface area contributed by atoms with Crippen molar-refractivity contribution in [3.05, 3.63) is 53.2 Å². The van der Waals surface area contributed by atoms with Crippen LogP contribution in [0.3, 0.4) is 0 Å². The Labute approximate surface area is 107 Å². The van der Waals surface area contributed by atoms with Crippen LogP contribution in [0.5, 0.6) is 0 Å². The molecule has 0 bridgehead atoms. The van der Waals surface area contributed by atoms with Crippen LogP contribution in [-0.4, -0.2) is 10.8 Å². The lowest BCUT2D eigenvalue weighted by atomic mass is 9.95. The van der Waals surface area contributed by atoms with Crippen LogP contribution in [0.1, 0.15) is 31.0 Å². The molecule has 0 saturated carbocycles. The minimum Gasteiger partial charge on any atom is -0.292 e. The first kappa shape index (κ1) is 12.1. The number of hydrogen-bond acceptors (Lipinski definition) is 2. The van der Waals surface area contributed by atoms with Crippen LogP contribution in [0, 0.1) is 11.3 Å². The third kappa shape index (κ3) is 1.93. The molecule has 18 heavy (non-hydrogen) atoms. The summed E-state index contributed by atoms with van der Waals surface area (Å²) in [6.45, 7) is 3.64. The first-order valence-corrected chi connectivity index (χ1v) is 5.81. The van der Waals surface area contributed by atoms with Crippen molar-refractivity contribution in [2.45, 2.75) is 19.9 Å². The number of fused-ring (bicyclic) bond motifs is 1. The Morgan fingerprint density at radius 3 is 2.83 bits per heavy atom. The molecule has 0 fully saturated rings. The number of carbonyl (C=O) groups is 1. The summed E-state index contributed by atoms with van der Waals surface area (Å²) in [6, 6.07) is 9.33. The highest BCUT2D eigenvalue weighted by Crippen LogP contribution is 2.33. The third-order valence-corrected chi connectivity index (χ3v) is 2.96. The number of amides is 1. The molecule has 1 aliphatic heterocycles. The molecule has 1 unspecified atom stereocenters. The van der Waals surface area contributed by atoms with E-state index in [-0.39, 0.29) is 5.91 Å². The Kier molecular flexibility index (Phi) is 3.29. The summed E-state index contributed by atoms with van der Waals surface area (Å²) < 4.78 is 0. The second-order valence-corrected chi connectivity index (χ2v) is 4.15. The van der Waals surface area contributed by atoms with Crippen molar-refractivity contribution in [2.75, 3.05) is 0 Å². The fraction of sp³-hybridized carbons (Fsp3) is 0.200. The van der Waals surface area contributed by atoms with E-state index in [0.717, 1.165) is 16.8 Å². The van der Waals surface area contributed by atoms with Crippen LogP contribution in [0.2, 0.25) is 0 Å². The number of carbonyl (C=O) groups excluding carboxylic acids is 1. The summed E-state index contributed by atoms with van der Waals surface area (Å²) in [4.78, 5) is 13.6. The molecular formula is C15H14N2O. The van der Waals surface area contributed by atoms with E-state index >= 15 is 0 Å². The Hall–Kier alpha value is -2.34. The van der Waals surface area contributed by atoms with Gasteiger partial charge in [-0.25, -0.2) is 0 Å². The second-order valence-electron chi connectivity index (χ2n) is 4.15. The Morgan fingerprint density at radius 1 is 1.44 bits per heavy atom. The molecule has 90 valence electrons. The summed E-state index contributed by atoms with van der Waals surface area (Å²) in [6.07, 6.45) is 5.10. The predicted octanol–water partition coefficient (Wildman–Crippen LogP) is 3.03. The van der Waals surface area contributed by atoms with E-state index in [1.807, 2.05) is 37.3 Å². The summed E-state index contributed by atoms with van der Waals surface area (Å²) in [5, 5.41) is 9.35. The van der Waals surface area contributed by atoms with Gasteiger partial charge in [0.05, 0.1) is 6.07 Å². The summed E-state index contributed by atoms with van der Waals surface area (Å²) in [5.41, 5.74) is 2.68. The van der Waals surface area contributed by atoms with E-state index in [9.17, 15) is 10.1 Å². The summed E-state index contributed by atoms with van der Waals surface area (Å²) in [5.74, 6) is -0.160. The zero-order valence-electron chi connectivity index (χ0n) is 10.4. The fourth-order valence-electron chi connectivity index (χ4n) is 2.18. The number of rotatable bonds is 1. The van der Waals surface area contributed by atoms with Crippen molar-refractivity contribution < 1.29 is 4.79 Å². The molecule has 0 spiro atoms.